The number of rotatable bonds is 4. The van der Waals surface area contributed by atoms with Crippen molar-refractivity contribution < 1.29 is 4.92 Å². The number of hydrogen-bond acceptors (Lipinski definition) is 8. The molecule has 0 aromatic carbocycles. The van der Waals surface area contributed by atoms with Gasteiger partial charge in [-0.1, -0.05) is 0 Å². The maximum absolute atomic E-state index is 10.5. The van der Waals surface area contributed by atoms with Crippen molar-refractivity contribution in [3.8, 4) is 0 Å². The Balaban J connectivity index is 2.11. The smallest absolute Gasteiger partial charge is 0.257 e. The Morgan fingerprint density at radius 1 is 1.31 bits per heavy atom. The Hall–Kier alpha value is -0.640. The molecule has 9 heteroatoms. The zero-order valence-corrected chi connectivity index (χ0v) is 11.2. The first kappa shape index (κ1) is 11.8. The van der Waals surface area contributed by atoms with Gasteiger partial charge in [0.1, 0.15) is 6.20 Å². The second kappa shape index (κ2) is 5.13. The largest absolute Gasteiger partial charge is 0.344 e. The van der Waals surface area contributed by atoms with Gasteiger partial charge in [-0.3, -0.25) is 10.1 Å². The summed E-state index contributed by atoms with van der Waals surface area (Å²) in [5, 5.41) is 10.5. The van der Waals surface area contributed by atoms with E-state index in [1.54, 1.807) is 29.3 Å². The number of thioether (sulfide) groups is 1. The quantitative estimate of drug-likeness (QED) is 0.488. The maximum atomic E-state index is 10.5. The Labute approximate surface area is 107 Å². The zero-order chi connectivity index (χ0) is 11.5. The molecule has 0 saturated carbocycles. The van der Waals surface area contributed by atoms with Crippen LogP contribution in [-0.2, 0) is 0 Å². The SMILES string of the molecule is CSc1cnc(Sc2ncc([N+](=O)[O-])s2)s1. The van der Waals surface area contributed by atoms with Crippen LogP contribution in [0.1, 0.15) is 0 Å². The molecule has 2 aromatic rings. The fraction of sp³-hybridized carbons (Fsp3) is 0.143. The van der Waals surface area contributed by atoms with Crippen molar-refractivity contribution in [2.75, 3.05) is 6.26 Å². The number of nitro groups is 1. The van der Waals surface area contributed by atoms with Crippen molar-refractivity contribution in [2.45, 2.75) is 12.9 Å². The van der Waals surface area contributed by atoms with Gasteiger partial charge in [-0.25, -0.2) is 9.97 Å². The van der Waals surface area contributed by atoms with E-state index in [0.29, 0.717) is 4.34 Å². The van der Waals surface area contributed by atoms with Gasteiger partial charge in [-0.05, 0) is 29.4 Å². The summed E-state index contributed by atoms with van der Waals surface area (Å²) in [6, 6.07) is 0. The van der Waals surface area contributed by atoms with E-state index in [1.807, 2.05) is 6.26 Å². The van der Waals surface area contributed by atoms with Crippen LogP contribution in [0.25, 0.3) is 0 Å². The van der Waals surface area contributed by atoms with Crippen LogP contribution in [0.2, 0.25) is 0 Å². The molecule has 16 heavy (non-hydrogen) atoms. The highest BCUT2D eigenvalue weighted by atomic mass is 32.2. The van der Waals surface area contributed by atoms with E-state index in [1.165, 1.54) is 18.0 Å². The van der Waals surface area contributed by atoms with Gasteiger partial charge in [-0.2, -0.15) is 0 Å². The molecule has 0 bridgehead atoms. The molecule has 5 nitrogen and oxygen atoms in total. The maximum Gasteiger partial charge on any atom is 0.344 e. The van der Waals surface area contributed by atoms with Crippen LogP contribution >= 0.6 is 46.2 Å². The van der Waals surface area contributed by atoms with Gasteiger partial charge in [0.25, 0.3) is 0 Å². The summed E-state index contributed by atoms with van der Waals surface area (Å²) in [5.74, 6) is 0. The van der Waals surface area contributed by atoms with Crippen LogP contribution in [0.3, 0.4) is 0 Å². The molecule has 0 fully saturated rings. The average molecular weight is 291 g/mol. The van der Waals surface area contributed by atoms with Gasteiger partial charge < -0.3 is 0 Å². The Bertz CT molecular complexity index is 509. The van der Waals surface area contributed by atoms with E-state index >= 15 is 0 Å². The Kier molecular flexibility index (Phi) is 3.79. The van der Waals surface area contributed by atoms with E-state index in [0.717, 1.165) is 19.9 Å². The molecular weight excluding hydrogens is 286 g/mol. The summed E-state index contributed by atoms with van der Waals surface area (Å²) < 4.78 is 2.62. The molecule has 0 aliphatic carbocycles. The van der Waals surface area contributed by atoms with Crippen LogP contribution in [-0.4, -0.2) is 21.1 Å². The van der Waals surface area contributed by atoms with E-state index in [4.69, 9.17) is 0 Å². The van der Waals surface area contributed by atoms with Crippen molar-refractivity contribution in [3.63, 3.8) is 0 Å². The number of aromatic nitrogens is 2. The van der Waals surface area contributed by atoms with Crippen LogP contribution in [0, 0.1) is 10.1 Å². The standard InChI is InChI=1S/C7H5N3O2S4/c1-13-5-3-9-7(15-5)16-6-8-2-4(14-6)10(11)12/h2-3H,1H3. The molecule has 0 N–H and O–H groups in total. The molecule has 2 heterocycles. The highest BCUT2D eigenvalue weighted by Gasteiger charge is 2.13. The van der Waals surface area contributed by atoms with E-state index in [-0.39, 0.29) is 5.00 Å². The molecule has 0 radical (unpaired) electrons. The lowest BCUT2D eigenvalue weighted by Crippen LogP contribution is -1.80. The molecule has 2 aromatic heterocycles. The molecule has 0 saturated heterocycles. The van der Waals surface area contributed by atoms with Gasteiger partial charge in [-0.15, -0.1) is 23.1 Å². The van der Waals surface area contributed by atoms with Crippen LogP contribution in [0.4, 0.5) is 5.00 Å². The highest BCUT2D eigenvalue weighted by Crippen LogP contribution is 2.37. The van der Waals surface area contributed by atoms with Gasteiger partial charge in [0.05, 0.1) is 15.3 Å². The third-order valence-electron chi connectivity index (χ3n) is 1.49. The number of thiazole rings is 2. The van der Waals surface area contributed by atoms with Crippen molar-refractivity contribution in [2.24, 2.45) is 0 Å². The minimum atomic E-state index is -0.434. The van der Waals surface area contributed by atoms with Gasteiger partial charge in [0.15, 0.2) is 8.68 Å². The normalized spacial score (nSPS) is 10.6. The molecule has 0 spiro atoms. The third-order valence-corrected chi connectivity index (χ3v) is 5.64. The molecule has 0 atom stereocenters. The fourth-order valence-electron chi connectivity index (χ4n) is 0.842. The van der Waals surface area contributed by atoms with E-state index in [2.05, 4.69) is 9.97 Å². The van der Waals surface area contributed by atoms with Crippen molar-refractivity contribution in [3.05, 3.63) is 22.5 Å². The summed E-state index contributed by atoms with van der Waals surface area (Å²) in [4.78, 5) is 18.2. The summed E-state index contributed by atoms with van der Waals surface area (Å²) in [6.07, 6.45) is 5.05. The summed E-state index contributed by atoms with van der Waals surface area (Å²) in [5.41, 5.74) is 0. The predicted octanol–water partition coefficient (Wildman–Crippen LogP) is 3.38. The van der Waals surface area contributed by atoms with Crippen LogP contribution in [0.15, 0.2) is 25.3 Å². The van der Waals surface area contributed by atoms with Crippen molar-refractivity contribution in [1.29, 1.82) is 0 Å². The minimum absolute atomic E-state index is 0.0594. The molecule has 0 amide bonds. The molecule has 84 valence electrons. The lowest BCUT2D eigenvalue weighted by Gasteiger charge is -1.87. The first-order chi connectivity index (χ1) is 7.69. The zero-order valence-electron chi connectivity index (χ0n) is 7.95. The lowest BCUT2D eigenvalue weighted by atomic mass is 10.9. The first-order valence-electron chi connectivity index (χ1n) is 3.97. The van der Waals surface area contributed by atoms with E-state index in [9.17, 15) is 10.1 Å². The van der Waals surface area contributed by atoms with Crippen molar-refractivity contribution >= 4 is 51.2 Å². The second-order valence-corrected chi connectivity index (χ2v) is 7.11. The minimum Gasteiger partial charge on any atom is -0.257 e. The summed E-state index contributed by atoms with van der Waals surface area (Å²) in [7, 11) is 0. The monoisotopic (exact) mass is 291 g/mol. The highest BCUT2D eigenvalue weighted by molar-refractivity contribution is 8.04. The summed E-state index contributed by atoms with van der Waals surface area (Å²) >= 11 is 5.61. The van der Waals surface area contributed by atoms with Gasteiger partial charge >= 0.3 is 5.00 Å². The number of nitrogens with zero attached hydrogens (tertiary/aromatic N) is 3. The molecule has 2 rings (SSSR count). The predicted molar refractivity (Wildman–Crippen MR) is 66.8 cm³/mol. The average Bonchev–Trinajstić information content (AvgIpc) is 2.87. The van der Waals surface area contributed by atoms with Crippen molar-refractivity contribution in [1.82, 2.24) is 9.97 Å². The molecular formula is C7H5N3O2S4. The fourth-order valence-corrected chi connectivity index (χ4v) is 4.43. The molecule has 0 aliphatic rings. The first-order valence-corrected chi connectivity index (χ1v) is 7.64. The number of hydrogen-bond donors (Lipinski definition) is 0. The van der Waals surface area contributed by atoms with Gasteiger partial charge in [0.2, 0.25) is 0 Å². The van der Waals surface area contributed by atoms with E-state index < -0.39 is 4.92 Å². The Morgan fingerprint density at radius 2 is 2.00 bits per heavy atom. The molecule has 0 unspecified atom stereocenters. The van der Waals surface area contributed by atoms with Crippen LogP contribution < -0.4 is 0 Å². The third kappa shape index (κ3) is 2.73. The summed E-state index contributed by atoms with van der Waals surface area (Å²) in [6.45, 7) is 0. The second-order valence-electron chi connectivity index (χ2n) is 2.47. The van der Waals surface area contributed by atoms with Crippen LogP contribution in [0.5, 0.6) is 0 Å². The topological polar surface area (TPSA) is 68.9 Å². The van der Waals surface area contributed by atoms with Gasteiger partial charge in [0, 0.05) is 0 Å². The lowest BCUT2D eigenvalue weighted by molar-refractivity contribution is -0.380. The Morgan fingerprint density at radius 3 is 2.56 bits per heavy atom. The molecule has 0 aliphatic heterocycles.